The molecule has 0 aliphatic heterocycles. The van der Waals surface area contributed by atoms with E-state index in [0.717, 1.165) is 4.83 Å². The normalized spacial score (nSPS) is 9.82. The maximum absolute atomic E-state index is 9.91. The molecular formula is C6H3N3OS. The van der Waals surface area contributed by atoms with Crippen LogP contribution >= 0.6 is 11.3 Å². The Labute approximate surface area is 65.8 Å². The van der Waals surface area contributed by atoms with Crippen molar-refractivity contribution in [3.8, 4) is 0 Å². The zero-order valence-electron chi connectivity index (χ0n) is 5.39. The molecule has 2 rings (SSSR count). The Bertz CT molecular complexity index is 424. The molecule has 2 aromatic heterocycles. The van der Waals surface area contributed by atoms with Gasteiger partial charge in [-0.3, -0.25) is 0 Å². The average Bonchev–Trinajstić information content (AvgIpc) is 2.53. The molecule has 0 radical (unpaired) electrons. The average molecular weight is 165 g/mol. The molecule has 0 saturated carbocycles. The molecule has 4 nitrogen and oxygen atoms in total. The van der Waals surface area contributed by atoms with Crippen LogP contribution in [0.4, 0.5) is 5.69 Å². The largest absolute Gasteiger partial charge is 0.240 e. The molecular weight excluding hydrogens is 162 g/mol. The highest BCUT2D eigenvalue weighted by Gasteiger charge is 2.01. The minimum absolute atomic E-state index is 0.579. The Morgan fingerprint density at radius 3 is 3.45 bits per heavy atom. The first-order valence-corrected chi connectivity index (χ1v) is 3.78. The van der Waals surface area contributed by atoms with Gasteiger partial charge >= 0.3 is 0 Å². The van der Waals surface area contributed by atoms with Crippen molar-refractivity contribution in [2.75, 3.05) is 0 Å². The van der Waals surface area contributed by atoms with Crippen molar-refractivity contribution in [3.05, 3.63) is 17.8 Å². The van der Waals surface area contributed by atoms with Crippen molar-refractivity contribution in [2.45, 2.75) is 0 Å². The summed E-state index contributed by atoms with van der Waals surface area (Å²) in [5.41, 5.74) is 0.579. The summed E-state index contributed by atoms with van der Waals surface area (Å²) >= 11 is 1.49. The number of hydrogen-bond acceptors (Lipinski definition) is 4. The van der Waals surface area contributed by atoms with Crippen LogP contribution in [0.5, 0.6) is 0 Å². The van der Waals surface area contributed by atoms with Crippen LogP contribution in [0.2, 0.25) is 0 Å². The summed E-state index contributed by atoms with van der Waals surface area (Å²) in [6.07, 6.45) is 4.83. The quantitative estimate of drug-likeness (QED) is 0.473. The van der Waals surface area contributed by atoms with Crippen molar-refractivity contribution < 1.29 is 4.79 Å². The third-order valence-corrected chi connectivity index (χ3v) is 2.16. The van der Waals surface area contributed by atoms with Crippen molar-refractivity contribution in [3.63, 3.8) is 0 Å². The van der Waals surface area contributed by atoms with Crippen molar-refractivity contribution in [2.24, 2.45) is 4.99 Å². The molecule has 0 bridgehead atoms. The first-order chi connectivity index (χ1) is 5.42. The maximum Gasteiger partial charge on any atom is 0.240 e. The number of thiazole rings is 1. The minimum Gasteiger partial charge on any atom is -0.228 e. The van der Waals surface area contributed by atoms with Gasteiger partial charge in [-0.25, -0.2) is 9.31 Å². The Kier molecular flexibility index (Phi) is 1.31. The third-order valence-electron chi connectivity index (χ3n) is 1.28. The molecule has 0 fully saturated rings. The summed E-state index contributed by atoms with van der Waals surface area (Å²) in [6, 6.07) is 0. The summed E-state index contributed by atoms with van der Waals surface area (Å²) in [4.78, 5) is 14.3. The summed E-state index contributed by atoms with van der Waals surface area (Å²) in [5, 5.41) is 5.83. The van der Waals surface area contributed by atoms with Gasteiger partial charge < -0.3 is 0 Å². The van der Waals surface area contributed by atoms with E-state index < -0.39 is 0 Å². The molecule has 54 valence electrons. The van der Waals surface area contributed by atoms with E-state index in [4.69, 9.17) is 0 Å². The maximum atomic E-state index is 9.91. The van der Waals surface area contributed by atoms with Crippen LogP contribution in [0.15, 0.2) is 22.8 Å². The fourth-order valence-corrected chi connectivity index (χ4v) is 1.58. The molecule has 2 heterocycles. The van der Waals surface area contributed by atoms with Crippen molar-refractivity contribution >= 4 is 27.9 Å². The predicted molar refractivity (Wildman–Crippen MR) is 40.9 cm³/mol. The smallest absolute Gasteiger partial charge is 0.228 e. The van der Waals surface area contributed by atoms with Crippen LogP contribution in [-0.4, -0.2) is 15.7 Å². The first kappa shape index (κ1) is 6.27. The first-order valence-electron chi connectivity index (χ1n) is 2.90. The van der Waals surface area contributed by atoms with Crippen LogP contribution in [0, 0.1) is 0 Å². The van der Waals surface area contributed by atoms with Crippen LogP contribution in [0.1, 0.15) is 0 Å². The van der Waals surface area contributed by atoms with Gasteiger partial charge in [0.05, 0.1) is 6.20 Å². The zero-order valence-corrected chi connectivity index (χ0v) is 6.21. The Morgan fingerprint density at radius 1 is 1.73 bits per heavy atom. The minimum atomic E-state index is 0.579. The van der Waals surface area contributed by atoms with Gasteiger partial charge in [0.25, 0.3) is 0 Å². The lowest BCUT2D eigenvalue weighted by atomic mass is 10.6. The molecule has 5 heteroatoms. The Morgan fingerprint density at radius 2 is 2.64 bits per heavy atom. The predicted octanol–water partition coefficient (Wildman–Crippen LogP) is 1.36. The fraction of sp³-hybridized carbons (Fsp3) is 0. The van der Waals surface area contributed by atoms with Crippen molar-refractivity contribution in [1.82, 2.24) is 9.61 Å². The second kappa shape index (κ2) is 2.30. The summed E-state index contributed by atoms with van der Waals surface area (Å²) < 4.78 is 1.67. The summed E-state index contributed by atoms with van der Waals surface area (Å²) in [6.45, 7) is 0. The molecule has 0 aliphatic rings. The van der Waals surface area contributed by atoms with Crippen LogP contribution in [0.25, 0.3) is 4.83 Å². The third kappa shape index (κ3) is 0.869. The highest BCUT2D eigenvalue weighted by molar-refractivity contribution is 7.16. The van der Waals surface area contributed by atoms with E-state index in [-0.39, 0.29) is 0 Å². The van der Waals surface area contributed by atoms with E-state index in [1.54, 1.807) is 4.52 Å². The van der Waals surface area contributed by atoms with Gasteiger partial charge in [0.2, 0.25) is 6.08 Å². The molecule has 0 amide bonds. The monoisotopic (exact) mass is 165 g/mol. The van der Waals surface area contributed by atoms with Gasteiger partial charge in [-0.2, -0.15) is 10.1 Å². The molecule has 0 aliphatic carbocycles. The lowest BCUT2D eigenvalue weighted by Crippen LogP contribution is -1.74. The topological polar surface area (TPSA) is 46.7 Å². The lowest BCUT2D eigenvalue weighted by Gasteiger charge is -1.77. The standard InChI is InChI=1S/C6H3N3OS/c10-4-7-5-3-8-9-1-2-11-6(5)9/h1-3H. The van der Waals surface area contributed by atoms with E-state index in [1.165, 1.54) is 23.6 Å². The molecule has 0 unspecified atom stereocenters. The number of nitrogens with zero attached hydrogens (tertiary/aromatic N) is 3. The number of carbonyl (C=O) groups excluding carboxylic acids is 1. The number of fused-ring (bicyclic) bond motifs is 1. The van der Waals surface area contributed by atoms with Gasteiger partial charge in [-0.05, 0) is 0 Å². The van der Waals surface area contributed by atoms with Crippen LogP contribution in [0.3, 0.4) is 0 Å². The Balaban J connectivity index is 2.77. The van der Waals surface area contributed by atoms with E-state index in [1.807, 2.05) is 11.6 Å². The zero-order chi connectivity index (χ0) is 7.68. The number of hydrogen-bond donors (Lipinski definition) is 0. The second-order valence-electron chi connectivity index (χ2n) is 1.89. The SMILES string of the molecule is O=C=Nc1cnn2ccsc12. The highest BCUT2D eigenvalue weighted by Crippen LogP contribution is 2.23. The molecule has 2 aromatic rings. The van der Waals surface area contributed by atoms with E-state index in [9.17, 15) is 4.79 Å². The summed E-state index contributed by atoms with van der Waals surface area (Å²) in [7, 11) is 0. The number of rotatable bonds is 1. The van der Waals surface area contributed by atoms with Gasteiger partial charge in [0, 0.05) is 11.6 Å². The Hall–Kier alpha value is -1.45. The molecule has 0 N–H and O–H groups in total. The second-order valence-corrected chi connectivity index (χ2v) is 2.78. The van der Waals surface area contributed by atoms with Crippen LogP contribution < -0.4 is 0 Å². The summed E-state index contributed by atoms with van der Waals surface area (Å²) in [5.74, 6) is 0. The molecule has 0 spiro atoms. The van der Waals surface area contributed by atoms with E-state index in [0.29, 0.717) is 5.69 Å². The van der Waals surface area contributed by atoms with E-state index in [2.05, 4.69) is 10.1 Å². The van der Waals surface area contributed by atoms with Gasteiger partial charge in [-0.15, -0.1) is 11.3 Å². The van der Waals surface area contributed by atoms with Crippen molar-refractivity contribution in [1.29, 1.82) is 0 Å². The van der Waals surface area contributed by atoms with E-state index >= 15 is 0 Å². The lowest BCUT2D eigenvalue weighted by molar-refractivity contribution is 0.565. The number of isocyanates is 1. The van der Waals surface area contributed by atoms with Crippen LogP contribution in [-0.2, 0) is 4.79 Å². The molecule has 0 aromatic carbocycles. The highest BCUT2D eigenvalue weighted by atomic mass is 32.1. The molecule has 0 saturated heterocycles. The number of aromatic nitrogens is 2. The fourth-order valence-electron chi connectivity index (χ4n) is 0.841. The van der Waals surface area contributed by atoms with Gasteiger partial charge in [0.15, 0.2) is 0 Å². The number of aliphatic imine (C=N–C) groups is 1. The van der Waals surface area contributed by atoms with Gasteiger partial charge in [-0.1, -0.05) is 0 Å². The van der Waals surface area contributed by atoms with Gasteiger partial charge in [0.1, 0.15) is 10.5 Å². The molecule has 0 atom stereocenters. The molecule has 11 heavy (non-hydrogen) atoms.